The van der Waals surface area contributed by atoms with E-state index in [9.17, 15) is 32.3 Å². The van der Waals surface area contributed by atoms with Crippen molar-refractivity contribution in [1.29, 1.82) is 0 Å². The normalized spacial score (nSPS) is 13.3. The summed E-state index contributed by atoms with van der Waals surface area (Å²) < 4.78 is 42.3. The van der Waals surface area contributed by atoms with Crippen LogP contribution in [0.25, 0.3) is 0 Å². The predicted octanol–water partition coefficient (Wildman–Crippen LogP) is 5.76. The molecule has 266 valence electrons. The fraction of sp³-hybridized carbons (Fsp3) is 0.294. The number of ketones is 2. The van der Waals surface area contributed by atoms with Gasteiger partial charge in [0, 0.05) is 35.9 Å². The third-order valence-corrected chi connectivity index (χ3v) is 7.86. The SMILES string of the molecule is COc1ccc(CC(=O)CC(N)=N[C@H](Cc2ccc(Cl)cc2Cl)C(=O)CCCN2C(=O)c3ccccc3C2=O)cc1OC.O=C(O)C(F)(F)F. The summed E-state index contributed by atoms with van der Waals surface area (Å²) in [7, 11) is 3.04. The molecule has 0 saturated carbocycles. The molecule has 4 rings (SSSR count). The number of hydrogen-bond acceptors (Lipinski definition) is 8. The number of aliphatic carboxylic acids is 1. The molecule has 16 heteroatoms. The number of halogens is 5. The van der Waals surface area contributed by atoms with Crippen molar-refractivity contribution in [3.05, 3.63) is 93.0 Å². The van der Waals surface area contributed by atoms with Gasteiger partial charge in [0.25, 0.3) is 11.8 Å². The molecular weight excluding hydrogens is 706 g/mol. The van der Waals surface area contributed by atoms with Gasteiger partial charge in [0.1, 0.15) is 17.7 Å². The highest BCUT2D eigenvalue weighted by molar-refractivity contribution is 6.35. The maximum absolute atomic E-state index is 13.4. The summed E-state index contributed by atoms with van der Waals surface area (Å²) in [5, 5.41) is 7.94. The summed E-state index contributed by atoms with van der Waals surface area (Å²) in [6.07, 6.45) is -4.77. The van der Waals surface area contributed by atoms with E-state index in [4.69, 9.17) is 48.3 Å². The van der Waals surface area contributed by atoms with Gasteiger partial charge in [0.15, 0.2) is 17.3 Å². The van der Waals surface area contributed by atoms with Crippen LogP contribution in [-0.4, -0.2) is 78.2 Å². The van der Waals surface area contributed by atoms with Crippen LogP contribution < -0.4 is 15.2 Å². The average molecular weight is 739 g/mol. The van der Waals surface area contributed by atoms with Crippen molar-refractivity contribution in [2.75, 3.05) is 20.8 Å². The van der Waals surface area contributed by atoms with E-state index in [2.05, 4.69) is 4.99 Å². The third-order valence-electron chi connectivity index (χ3n) is 7.27. The molecule has 1 aliphatic heterocycles. The van der Waals surface area contributed by atoms with Crippen LogP contribution in [0.15, 0.2) is 65.7 Å². The molecule has 0 spiro atoms. The second-order valence-corrected chi connectivity index (χ2v) is 11.7. The zero-order valence-corrected chi connectivity index (χ0v) is 28.3. The lowest BCUT2D eigenvalue weighted by Crippen LogP contribution is -2.32. The molecule has 0 unspecified atom stereocenters. The maximum Gasteiger partial charge on any atom is 0.490 e. The Morgan fingerprint density at radius 2 is 1.54 bits per heavy atom. The molecule has 11 nitrogen and oxygen atoms in total. The molecule has 1 heterocycles. The summed E-state index contributed by atoms with van der Waals surface area (Å²) in [6, 6.07) is 15.8. The molecule has 0 aliphatic carbocycles. The minimum Gasteiger partial charge on any atom is -0.493 e. The van der Waals surface area contributed by atoms with Crippen molar-refractivity contribution in [3.8, 4) is 11.5 Å². The smallest absolute Gasteiger partial charge is 0.490 e. The van der Waals surface area contributed by atoms with E-state index >= 15 is 0 Å². The van der Waals surface area contributed by atoms with Crippen LogP contribution in [0.3, 0.4) is 0 Å². The largest absolute Gasteiger partial charge is 0.493 e. The first-order valence-electron chi connectivity index (χ1n) is 14.8. The fourth-order valence-corrected chi connectivity index (χ4v) is 5.36. The van der Waals surface area contributed by atoms with Gasteiger partial charge in [-0.1, -0.05) is 47.5 Å². The average Bonchev–Trinajstić information content (AvgIpc) is 3.30. The van der Waals surface area contributed by atoms with Crippen LogP contribution >= 0.6 is 23.2 Å². The number of hydrogen-bond donors (Lipinski definition) is 2. The number of aliphatic imine (C=N–C) groups is 1. The van der Waals surface area contributed by atoms with Crippen LogP contribution in [0.5, 0.6) is 11.5 Å². The van der Waals surface area contributed by atoms with Gasteiger partial charge in [-0.2, -0.15) is 13.2 Å². The van der Waals surface area contributed by atoms with Gasteiger partial charge in [-0.15, -0.1) is 0 Å². The molecule has 0 saturated heterocycles. The van der Waals surface area contributed by atoms with E-state index in [1.54, 1.807) is 60.7 Å². The summed E-state index contributed by atoms with van der Waals surface area (Å²) in [5.74, 6) is -2.93. The topological polar surface area (TPSA) is 166 Å². The molecule has 1 aliphatic rings. The molecule has 3 N–H and O–H groups in total. The number of carbonyl (C=O) groups excluding carboxylic acids is 4. The van der Waals surface area contributed by atoms with E-state index in [1.807, 2.05) is 0 Å². The standard InChI is InChI=1S/C32H31Cl2N3O6.C2HF3O2/c1-42-28-12-9-19(15-29(28)43-2)14-22(38)18-30(35)36-26(16-20-10-11-21(33)17-25(20)34)27(39)8-5-13-37-31(40)23-6-3-4-7-24(23)32(37)41;3-2(4,5)1(6)7/h3-4,6-7,9-12,15,17,26H,5,8,13-14,16,18H2,1-2H3,(H2,35,36);(H,6,7)/t26-;/m1./s1. The molecule has 2 amide bonds. The zero-order chi connectivity index (χ0) is 37.2. The summed E-state index contributed by atoms with van der Waals surface area (Å²) in [5.41, 5.74) is 8.23. The van der Waals surface area contributed by atoms with Crippen LogP contribution in [0, 0.1) is 0 Å². The lowest BCUT2D eigenvalue weighted by atomic mass is 9.99. The number of carboxylic acid groups (broad SMARTS) is 1. The first kappa shape index (κ1) is 39.5. The number of benzene rings is 3. The number of imide groups is 1. The van der Waals surface area contributed by atoms with Crippen LogP contribution in [0.4, 0.5) is 13.2 Å². The monoisotopic (exact) mass is 737 g/mol. The highest BCUT2D eigenvalue weighted by atomic mass is 35.5. The second-order valence-electron chi connectivity index (χ2n) is 10.8. The molecule has 50 heavy (non-hydrogen) atoms. The minimum absolute atomic E-state index is 0.00857. The maximum atomic E-state index is 13.4. The summed E-state index contributed by atoms with van der Waals surface area (Å²) in [6.45, 7) is 0.0789. The van der Waals surface area contributed by atoms with Crippen molar-refractivity contribution in [3.63, 3.8) is 0 Å². The first-order chi connectivity index (χ1) is 23.5. The number of nitrogens with two attached hydrogens (primary N) is 1. The lowest BCUT2D eigenvalue weighted by molar-refractivity contribution is -0.192. The van der Waals surface area contributed by atoms with Gasteiger partial charge in [-0.25, -0.2) is 4.79 Å². The Hall–Kier alpha value is -4.95. The van der Waals surface area contributed by atoms with Gasteiger partial charge >= 0.3 is 12.1 Å². The number of amides is 2. The Labute approximate surface area is 294 Å². The van der Waals surface area contributed by atoms with E-state index in [0.717, 1.165) is 4.90 Å². The molecular formula is C34H32Cl2F3N3O8. The number of fused-ring (bicyclic) bond motifs is 1. The minimum atomic E-state index is -5.08. The Morgan fingerprint density at radius 1 is 0.940 bits per heavy atom. The summed E-state index contributed by atoms with van der Waals surface area (Å²) >= 11 is 12.4. The van der Waals surface area contributed by atoms with Crippen molar-refractivity contribution in [2.45, 2.75) is 44.3 Å². The number of nitrogens with zero attached hydrogens (tertiary/aromatic N) is 2. The van der Waals surface area contributed by atoms with Gasteiger partial charge in [-0.05, 0) is 53.9 Å². The molecule has 3 aromatic carbocycles. The van der Waals surface area contributed by atoms with Crippen LogP contribution in [0.2, 0.25) is 10.0 Å². The van der Waals surface area contributed by atoms with Gasteiger partial charge in [-0.3, -0.25) is 29.1 Å². The quantitative estimate of drug-likeness (QED) is 0.119. The van der Waals surface area contributed by atoms with Crippen molar-refractivity contribution in [2.24, 2.45) is 10.7 Å². The number of amidine groups is 1. The lowest BCUT2D eigenvalue weighted by Gasteiger charge is -2.16. The molecule has 0 radical (unpaired) electrons. The zero-order valence-electron chi connectivity index (χ0n) is 26.8. The van der Waals surface area contributed by atoms with E-state index < -0.39 is 18.2 Å². The van der Waals surface area contributed by atoms with Crippen molar-refractivity contribution < 1.29 is 51.7 Å². The Bertz CT molecular complexity index is 1760. The van der Waals surface area contributed by atoms with Crippen molar-refractivity contribution >= 4 is 58.4 Å². The van der Waals surface area contributed by atoms with E-state index in [-0.39, 0.29) is 67.9 Å². The molecule has 0 aromatic heterocycles. The van der Waals surface area contributed by atoms with Crippen LogP contribution in [-0.2, 0) is 27.2 Å². The van der Waals surface area contributed by atoms with Gasteiger partial charge in [0.05, 0.1) is 31.8 Å². The number of ether oxygens (including phenoxy) is 2. The van der Waals surface area contributed by atoms with Crippen molar-refractivity contribution in [1.82, 2.24) is 4.90 Å². The van der Waals surface area contributed by atoms with E-state index in [1.165, 1.54) is 14.2 Å². The molecule has 3 aromatic rings. The first-order valence-corrected chi connectivity index (χ1v) is 15.6. The summed E-state index contributed by atoms with van der Waals surface area (Å²) in [4.78, 5) is 66.1. The predicted molar refractivity (Wildman–Crippen MR) is 178 cm³/mol. The number of Topliss-reactive ketones (excluding diaryl/α,β-unsaturated/α-hetero) is 2. The van der Waals surface area contributed by atoms with E-state index in [0.29, 0.717) is 43.8 Å². The Morgan fingerprint density at radius 3 is 2.08 bits per heavy atom. The Kier molecular flexibility index (Phi) is 13.9. The highest BCUT2D eigenvalue weighted by Gasteiger charge is 2.38. The number of methoxy groups -OCH3 is 2. The highest BCUT2D eigenvalue weighted by Crippen LogP contribution is 2.28. The molecule has 0 bridgehead atoms. The second kappa shape index (κ2) is 17.6. The molecule has 0 fully saturated rings. The Balaban J connectivity index is 0.000000872. The fourth-order valence-electron chi connectivity index (χ4n) is 4.88. The number of rotatable bonds is 14. The van der Waals surface area contributed by atoms with Crippen LogP contribution in [0.1, 0.15) is 51.1 Å². The number of alkyl halides is 3. The number of carbonyl (C=O) groups is 5. The van der Waals surface area contributed by atoms with Gasteiger partial charge in [0.2, 0.25) is 0 Å². The third kappa shape index (κ3) is 10.8. The van der Waals surface area contributed by atoms with Gasteiger partial charge < -0.3 is 20.3 Å². The molecule has 1 atom stereocenters. The number of carboxylic acids is 1.